The molecule has 7 heteroatoms. The number of amides is 1. The van der Waals surface area contributed by atoms with E-state index < -0.39 is 0 Å². The zero-order chi connectivity index (χ0) is 20.3. The number of hydrogen-bond acceptors (Lipinski definition) is 6. The number of anilines is 1. The second-order valence-electron chi connectivity index (χ2n) is 8.47. The average Bonchev–Trinajstić information content (AvgIpc) is 2.98. The Balaban J connectivity index is 1.62. The molecule has 6 nitrogen and oxygen atoms in total. The molecule has 1 aliphatic carbocycles. The highest BCUT2D eigenvalue weighted by Crippen LogP contribution is 2.40. The van der Waals surface area contributed by atoms with E-state index in [0.29, 0.717) is 35.1 Å². The van der Waals surface area contributed by atoms with Gasteiger partial charge in [-0.15, -0.1) is 11.3 Å². The van der Waals surface area contributed by atoms with E-state index in [1.54, 1.807) is 11.3 Å². The summed E-state index contributed by atoms with van der Waals surface area (Å²) in [4.78, 5) is 28.4. The number of methoxy groups -OCH3 is 1. The third kappa shape index (κ3) is 5.13. The summed E-state index contributed by atoms with van der Waals surface area (Å²) in [7, 11) is 1.40. The first-order valence-electron chi connectivity index (χ1n) is 10.4. The van der Waals surface area contributed by atoms with Crippen molar-refractivity contribution in [2.24, 2.45) is 5.92 Å². The minimum Gasteiger partial charge on any atom is -0.465 e. The number of carbonyl (C=O) groups excluding carboxylic acids is 2. The number of fused-ring (bicyclic) bond motifs is 1. The van der Waals surface area contributed by atoms with Crippen molar-refractivity contribution >= 4 is 28.2 Å². The summed E-state index contributed by atoms with van der Waals surface area (Å²) in [5.74, 6) is 0.218. The molecule has 28 heavy (non-hydrogen) atoms. The molecule has 1 aromatic rings. The summed E-state index contributed by atoms with van der Waals surface area (Å²) in [6, 6.07) is 1.03. The third-order valence-electron chi connectivity index (χ3n) is 5.68. The van der Waals surface area contributed by atoms with Crippen molar-refractivity contribution in [3.05, 3.63) is 16.0 Å². The molecule has 156 valence electrons. The smallest absolute Gasteiger partial charge is 0.341 e. The van der Waals surface area contributed by atoms with Crippen LogP contribution in [0.15, 0.2) is 0 Å². The number of hydrogen-bond donors (Lipinski definition) is 2. The van der Waals surface area contributed by atoms with Gasteiger partial charge in [-0.05, 0) is 43.6 Å². The molecule has 1 saturated heterocycles. The fourth-order valence-electron chi connectivity index (χ4n) is 4.26. The SMILES string of the molecule is COC(=O)c1c(NC(=O)CN2CCC(NC(C)C)CC2)sc2c1CCC(C)C2. The Labute approximate surface area is 172 Å². The molecule has 1 amide bonds. The number of nitrogens with zero attached hydrogens (tertiary/aromatic N) is 1. The topological polar surface area (TPSA) is 70.7 Å². The van der Waals surface area contributed by atoms with Crippen LogP contribution >= 0.6 is 11.3 Å². The van der Waals surface area contributed by atoms with Gasteiger partial charge in [0.2, 0.25) is 5.91 Å². The minimum absolute atomic E-state index is 0.0490. The van der Waals surface area contributed by atoms with Crippen LogP contribution in [-0.4, -0.2) is 55.6 Å². The van der Waals surface area contributed by atoms with Gasteiger partial charge < -0.3 is 15.4 Å². The lowest BCUT2D eigenvalue weighted by molar-refractivity contribution is -0.117. The minimum atomic E-state index is -0.345. The Kier molecular flexibility index (Phi) is 7.12. The third-order valence-corrected chi connectivity index (χ3v) is 6.85. The zero-order valence-electron chi connectivity index (χ0n) is 17.5. The van der Waals surface area contributed by atoms with Gasteiger partial charge in [0.25, 0.3) is 0 Å². The Morgan fingerprint density at radius 1 is 1.25 bits per heavy atom. The summed E-state index contributed by atoms with van der Waals surface area (Å²) in [6.45, 7) is 8.77. The zero-order valence-corrected chi connectivity index (χ0v) is 18.3. The van der Waals surface area contributed by atoms with Crippen LogP contribution in [0.5, 0.6) is 0 Å². The molecule has 0 saturated carbocycles. The number of piperidine rings is 1. The molecule has 1 aliphatic heterocycles. The highest BCUT2D eigenvalue weighted by molar-refractivity contribution is 7.17. The molecule has 1 aromatic heterocycles. The lowest BCUT2D eigenvalue weighted by Crippen LogP contribution is -2.46. The molecular weight excluding hydrogens is 374 g/mol. The van der Waals surface area contributed by atoms with E-state index in [4.69, 9.17) is 4.74 Å². The van der Waals surface area contributed by atoms with Crippen molar-refractivity contribution in [3.63, 3.8) is 0 Å². The van der Waals surface area contributed by atoms with E-state index >= 15 is 0 Å². The highest BCUT2D eigenvalue weighted by Gasteiger charge is 2.29. The summed E-state index contributed by atoms with van der Waals surface area (Å²) in [6.07, 6.45) is 5.04. The largest absolute Gasteiger partial charge is 0.465 e. The fraction of sp³-hybridized carbons (Fsp3) is 0.714. The highest BCUT2D eigenvalue weighted by atomic mass is 32.1. The molecule has 3 rings (SSSR count). The van der Waals surface area contributed by atoms with Gasteiger partial charge >= 0.3 is 5.97 Å². The normalized spacial score (nSPS) is 20.8. The molecular formula is C21H33N3O3S. The van der Waals surface area contributed by atoms with Gasteiger partial charge in [-0.2, -0.15) is 0 Å². The molecule has 1 unspecified atom stereocenters. The molecule has 0 bridgehead atoms. The number of likely N-dealkylation sites (tertiary alicyclic amines) is 1. The van der Waals surface area contributed by atoms with Crippen LogP contribution in [0.2, 0.25) is 0 Å². The van der Waals surface area contributed by atoms with E-state index in [1.807, 2.05) is 0 Å². The molecule has 1 atom stereocenters. The predicted molar refractivity (Wildman–Crippen MR) is 113 cm³/mol. The van der Waals surface area contributed by atoms with Crippen LogP contribution in [-0.2, 0) is 22.4 Å². The monoisotopic (exact) mass is 407 g/mol. The maximum absolute atomic E-state index is 12.7. The van der Waals surface area contributed by atoms with Gasteiger partial charge in [0.15, 0.2) is 0 Å². The van der Waals surface area contributed by atoms with Crippen LogP contribution in [0.4, 0.5) is 5.00 Å². The molecule has 1 fully saturated rings. The number of nitrogens with one attached hydrogen (secondary N) is 2. The number of esters is 1. The lowest BCUT2D eigenvalue weighted by Gasteiger charge is -2.32. The predicted octanol–water partition coefficient (Wildman–Crippen LogP) is 3.06. The summed E-state index contributed by atoms with van der Waals surface area (Å²) in [5.41, 5.74) is 1.65. The van der Waals surface area contributed by atoms with E-state index in [2.05, 4.69) is 36.3 Å². The maximum Gasteiger partial charge on any atom is 0.341 e. The summed E-state index contributed by atoms with van der Waals surface area (Å²) < 4.78 is 5.00. The fourth-order valence-corrected chi connectivity index (χ4v) is 5.67. The number of ether oxygens (including phenoxy) is 1. The Morgan fingerprint density at radius 2 is 1.96 bits per heavy atom. The molecule has 0 aromatic carbocycles. The van der Waals surface area contributed by atoms with E-state index in [0.717, 1.165) is 50.8 Å². The number of rotatable bonds is 6. The van der Waals surface area contributed by atoms with Crippen molar-refractivity contribution in [2.75, 3.05) is 32.1 Å². The first-order valence-corrected chi connectivity index (χ1v) is 11.2. The van der Waals surface area contributed by atoms with Crippen LogP contribution in [0.3, 0.4) is 0 Å². The lowest BCUT2D eigenvalue weighted by atomic mass is 9.88. The van der Waals surface area contributed by atoms with Crippen molar-refractivity contribution in [2.45, 2.75) is 65.0 Å². The van der Waals surface area contributed by atoms with Gasteiger partial charge in [-0.25, -0.2) is 4.79 Å². The van der Waals surface area contributed by atoms with Crippen molar-refractivity contribution in [1.82, 2.24) is 10.2 Å². The summed E-state index contributed by atoms with van der Waals surface area (Å²) >= 11 is 1.55. The first kappa shape index (κ1) is 21.3. The van der Waals surface area contributed by atoms with Gasteiger partial charge in [-0.1, -0.05) is 20.8 Å². The Bertz CT molecular complexity index is 708. The molecule has 2 heterocycles. The second-order valence-corrected chi connectivity index (χ2v) is 9.57. The van der Waals surface area contributed by atoms with Gasteiger partial charge in [0, 0.05) is 30.1 Å². The molecule has 0 radical (unpaired) electrons. The van der Waals surface area contributed by atoms with Gasteiger partial charge in [0.05, 0.1) is 19.2 Å². The second kappa shape index (κ2) is 9.37. The van der Waals surface area contributed by atoms with Crippen molar-refractivity contribution in [3.8, 4) is 0 Å². The number of thiophene rings is 1. The van der Waals surface area contributed by atoms with E-state index in [-0.39, 0.29) is 11.9 Å². The van der Waals surface area contributed by atoms with Gasteiger partial charge in [-0.3, -0.25) is 9.69 Å². The van der Waals surface area contributed by atoms with E-state index in [1.165, 1.54) is 12.0 Å². The van der Waals surface area contributed by atoms with Crippen LogP contribution in [0, 0.1) is 5.92 Å². The first-order chi connectivity index (χ1) is 13.4. The molecule has 2 N–H and O–H groups in total. The van der Waals surface area contributed by atoms with E-state index in [9.17, 15) is 9.59 Å². The standard InChI is InChI=1S/C21H33N3O3S/c1-13(2)22-15-7-9-24(10-8-15)12-18(25)23-20-19(21(26)27-4)16-6-5-14(3)11-17(16)28-20/h13-15,22H,5-12H2,1-4H3,(H,23,25). The average molecular weight is 408 g/mol. The van der Waals surface area contributed by atoms with Crippen molar-refractivity contribution < 1.29 is 14.3 Å². The molecule has 0 spiro atoms. The summed E-state index contributed by atoms with van der Waals surface area (Å²) in [5, 5.41) is 7.25. The van der Waals surface area contributed by atoms with Crippen LogP contribution in [0.25, 0.3) is 0 Å². The maximum atomic E-state index is 12.7. The Hall–Kier alpha value is -1.44. The van der Waals surface area contributed by atoms with Crippen LogP contribution < -0.4 is 10.6 Å². The Morgan fingerprint density at radius 3 is 2.61 bits per heavy atom. The van der Waals surface area contributed by atoms with Gasteiger partial charge in [0.1, 0.15) is 5.00 Å². The van der Waals surface area contributed by atoms with Crippen LogP contribution in [0.1, 0.15) is 60.8 Å². The molecule has 2 aliphatic rings. The number of carbonyl (C=O) groups is 2. The quantitative estimate of drug-likeness (QED) is 0.709. The van der Waals surface area contributed by atoms with Crippen molar-refractivity contribution in [1.29, 1.82) is 0 Å².